The summed E-state index contributed by atoms with van der Waals surface area (Å²) < 4.78 is 13.3. The molecule has 1 aliphatic rings. The molecule has 0 atom stereocenters. The maximum absolute atomic E-state index is 13.3. The number of aliphatic carboxylic acids is 1. The molecule has 1 aromatic carbocycles. The van der Waals surface area contributed by atoms with E-state index in [4.69, 9.17) is 5.11 Å². The van der Waals surface area contributed by atoms with Crippen molar-refractivity contribution in [2.75, 3.05) is 18.0 Å². The van der Waals surface area contributed by atoms with E-state index in [1.165, 1.54) is 12.1 Å². The second-order valence-electron chi connectivity index (χ2n) is 4.36. The molecule has 1 aromatic rings. The first-order chi connectivity index (χ1) is 8.16. The number of halogens is 1. The minimum Gasteiger partial charge on any atom is -0.481 e. The number of carboxylic acid groups (broad SMARTS) is 1. The lowest BCUT2D eigenvalue weighted by molar-refractivity contribution is -0.136. The highest BCUT2D eigenvalue weighted by Gasteiger charge is 2.16. The molecular formula is C13H16FNO2. The summed E-state index contributed by atoms with van der Waals surface area (Å²) >= 11 is 0. The van der Waals surface area contributed by atoms with Crippen molar-refractivity contribution in [3.05, 3.63) is 29.6 Å². The molecule has 0 unspecified atom stereocenters. The zero-order valence-electron chi connectivity index (χ0n) is 9.66. The highest BCUT2D eigenvalue weighted by Crippen LogP contribution is 2.26. The molecular weight excluding hydrogens is 221 g/mol. The van der Waals surface area contributed by atoms with Crippen molar-refractivity contribution in [3.63, 3.8) is 0 Å². The SMILES string of the molecule is O=C(O)CCc1ccc(F)cc1N1CCCC1. The number of carbonyl (C=O) groups is 1. The van der Waals surface area contributed by atoms with Gasteiger partial charge in [0.05, 0.1) is 0 Å². The first kappa shape index (κ1) is 11.9. The summed E-state index contributed by atoms with van der Waals surface area (Å²) in [5.41, 5.74) is 1.79. The number of hydrogen-bond donors (Lipinski definition) is 1. The summed E-state index contributed by atoms with van der Waals surface area (Å²) in [4.78, 5) is 12.7. The topological polar surface area (TPSA) is 40.5 Å². The van der Waals surface area contributed by atoms with Gasteiger partial charge < -0.3 is 10.0 Å². The van der Waals surface area contributed by atoms with Crippen LogP contribution < -0.4 is 4.90 Å². The third-order valence-electron chi connectivity index (χ3n) is 3.10. The van der Waals surface area contributed by atoms with E-state index in [2.05, 4.69) is 4.90 Å². The standard InChI is InChI=1S/C13H16FNO2/c14-11-5-3-10(4-6-13(16)17)12(9-11)15-7-1-2-8-15/h3,5,9H,1-2,4,6-8H2,(H,16,17). The van der Waals surface area contributed by atoms with Crippen molar-refractivity contribution in [3.8, 4) is 0 Å². The summed E-state index contributed by atoms with van der Waals surface area (Å²) in [6.45, 7) is 1.87. The molecule has 1 fully saturated rings. The molecule has 0 aliphatic carbocycles. The molecule has 0 aromatic heterocycles. The number of anilines is 1. The number of hydrogen-bond acceptors (Lipinski definition) is 2. The number of nitrogens with zero attached hydrogens (tertiary/aromatic N) is 1. The summed E-state index contributed by atoms with van der Waals surface area (Å²) in [5, 5.41) is 8.70. The zero-order valence-corrected chi connectivity index (χ0v) is 9.66. The van der Waals surface area contributed by atoms with Gasteiger partial charge in [0, 0.05) is 25.2 Å². The normalized spacial score (nSPS) is 15.2. The molecule has 4 heteroatoms. The van der Waals surface area contributed by atoms with Gasteiger partial charge in [-0.1, -0.05) is 6.07 Å². The van der Waals surface area contributed by atoms with Crippen LogP contribution in [0.1, 0.15) is 24.8 Å². The van der Waals surface area contributed by atoms with Gasteiger partial charge >= 0.3 is 5.97 Å². The van der Waals surface area contributed by atoms with Crippen LogP contribution in [0.2, 0.25) is 0 Å². The fourth-order valence-corrected chi connectivity index (χ4v) is 2.24. The van der Waals surface area contributed by atoms with E-state index in [0.717, 1.165) is 37.2 Å². The van der Waals surface area contributed by atoms with Gasteiger partial charge in [0.2, 0.25) is 0 Å². The molecule has 3 nitrogen and oxygen atoms in total. The minimum absolute atomic E-state index is 0.0898. The Hall–Kier alpha value is -1.58. The molecule has 92 valence electrons. The van der Waals surface area contributed by atoms with Crippen LogP contribution in [-0.2, 0) is 11.2 Å². The quantitative estimate of drug-likeness (QED) is 0.874. The van der Waals surface area contributed by atoms with Gasteiger partial charge in [-0.3, -0.25) is 4.79 Å². The Morgan fingerprint density at radius 3 is 2.71 bits per heavy atom. The molecule has 0 radical (unpaired) electrons. The van der Waals surface area contributed by atoms with Crippen molar-refractivity contribution in [1.82, 2.24) is 0 Å². The van der Waals surface area contributed by atoms with Crippen LogP contribution in [0, 0.1) is 5.82 Å². The first-order valence-electron chi connectivity index (χ1n) is 5.92. The lowest BCUT2D eigenvalue weighted by Crippen LogP contribution is -2.19. The fraction of sp³-hybridized carbons (Fsp3) is 0.462. The smallest absolute Gasteiger partial charge is 0.303 e. The van der Waals surface area contributed by atoms with Crippen LogP contribution in [0.4, 0.5) is 10.1 Å². The minimum atomic E-state index is -0.818. The van der Waals surface area contributed by atoms with E-state index in [9.17, 15) is 9.18 Å². The van der Waals surface area contributed by atoms with Gasteiger partial charge in [-0.2, -0.15) is 0 Å². The van der Waals surface area contributed by atoms with E-state index < -0.39 is 5.97 Å². The Balaban J connectivity index is 2.20. The van der Waals surface area contributed by atoms with Gasteiger partial charge in [0.15, 0.2) is 0 Å². The number of carboxylic acids is 1. The van der Waals surface area contributed by atoms with Gasteiger partial charge in [-0.25, -0.2) is 4.39 Å². The van der Waals surface area contributed by atoms with E-state index in [1.807, 2.05) is 0 Å². The summed E-state index contributed by atoms with van der Waals surface area (Å²) in [7, 11) is 0. The highest BCUT2D eigenvalue weighted by molar-refractivity contribution is 5.68. The van der Waals surface area contributed by atoms with Crippen molar-refractivity contribution in [2.45, 2.75) is 25.7 Å². The van der Waals surface area contributed by atoms with E-state index in [1.54, 1.807) is 6.07 Å². The van der Waals surface area contributed by atoms with Gasteiger partial charge in [0.1, 0.15) is 5.82 Å². The Kier molecular flexibility index (Phi) is 3.61. The number of benzene rings is 1. The van der Waals surface area contributed by atoms with Crippen LogP contribution in [0.15, 0.2) is 18.2 Å². The maximum Gasteiger partial charge on any atom is 0.303 e. The Labute approximate surface area is 99.9 Å². The van der Waals surface area contributed by atoms with Crippen molar-refractivity contribution < 1.29 is 14.3 Å². The average molecular weight is 237 g/mol. The largest absolute Gasteiger partial charge is 0.481 e. The zero-order chi connectivity index (χ0) is 12.3. The third-order valence-corrected chi connectivity index (χ3v) is 3.10. The lowest BCUT2D eigenvalue weighted by Gasteiger charge is -2.21. The van der Waals surface area contributed by atoms with Crippen LogP contribution in [0.5, 0.6) is 0 Å². The summed E-state index contributed by atoms with van der Waals surface area (Å²) in [6, 6.07) is 4.62. The molecule has 0 amide bonds. The first-order valence-corrected chi connectivity index (χ1v) is 5.92. The second-order valence-corrected chi connectivity index (χ2v) is 4.36. The molecule has 1 N–H and O–H groups in total. The van der Waals surface area contributed by atoms with Gasteiger partial charge in [-0.05, 0) is 37.0 Å². The monoisotopic (exact) mass is 237 g/mol. The van der Waals surface area contributed by atoms with E-state index in [0.29, 0.717) is 6.42 Å². The molecule has 1 saturated heterocycles. The maximum atomic E-state index is 13.3. The van der Waals surface area contributed by atoms with Crippen molar-refractivity contribution >= 4 is 11.7 Å². The van der Waals surface area contributed by atoms with Crippen LogP contribution in [0.3, 0.4) is 0 Å². The third kappa shape index (κ3) is 2.96. The molecule has 0 spiro atoms. The van der Waals surface area contributed by atoms with E-state index >= 15 is 0 Å². The summed E-state index contributed by atoms with van der Waals surface area (Å²) in [6.07, 6.45) is 2.79. The fourth-order valence-electron chi connectivity index (χ4n) is 2.24. The van der Waals surface area contributed by atoms with Crippen molar-refractivity contribution in [2.24, 2.45) is 0 Å². The summed E-state index contributed by atoms with van der Waals surface area (Å²) in [5.74, 6) is -1.08. The number of aryl methyl sites for hydroxylation is 1. The van der Waals surface area contributed by atoms with E-state index in [-0.39, 0.29) is 12.2 Å². The predicted molar refractivity (Wildman–Crippen MR) is 63.8 cm³/mol. The highest BCUT2D eigenvalue weighted by atomic mass is 19.1. The molecule has 0 bridgehead atoms. The molecule has 2 rings (SSSR count). The molecule has 17 heavy (non-hydrogen) atoms. The second kappa shape index (κ2) is 5.17. The Bertz CT molecular complexity index is 414. The molecule has 1 heterocycles. The van der Waals surface area contributed by atoms with Crippen LogP contribution >= 0.6 is 0 Å². The average Bonchev–Trinajstić information content (AvgIpc) is 2.80. The Morgan fingerprint density at radius 2 is 2.06 bits per heavy atom. The van der Waals surface area contributed by atoms with Gasteiger partial charge in [0.25, 0.3) is 0 Å². The van der Waals surface area contributed by atoms with Crippen LogP contribution in [0.25, 0.3) is 0 Å². The van der Waals surface area contributed by atoms with Crippen LogP contribution in [-0.4, -0.2) is 24.2 Å². The number of rotatable bonds is 4. The van der Waals surface area contributed by atoms with Gasteiger partial charge in [-0.15, -0.1) is 0 Å². The Morgan fingerprint density at radius 1 is 1.35 bits per heavy atom. The lowest BCUT2D eigenvalue weighted by atomic mass is 10.1. The molecule has 1 aliphatic heterocycles. The molecule has 0 saturated carbocycles. The van der Waals surface area contributed by atoms with Crippen molar-refractivity contribution in [1.29, 1.82) is 0 Å². The predicted octanol–water partition coefficient (Wildman–Crippen LogP) is 2.44.